The van der Waals surface area contributed by atoms with Crippen LogP contribution in [-0.4, -0.2) is 22.8 Å². The molecule has 0 radical (unpaired) electrons. The van der Waals surface area contributed by atoms with Crippen LogP contribution in [0.4, 0.5) is 11.4 Å². The van der Waals surface area contributed by atoms with E-state index in [1.165, 1.54) is 19.2 Å². The van der Waals surface area contributed by atoms with Crippen molar-refractivity contribution in [2.75, 3.05) is 18.2 Å². The van der Waals surface area contributed by atoms with E-state index in [1.807, 2.05) is 0 Å². The number of nitrogens with zero attached hydrogens (tertiary/aromatic N) is 2. The van der Waals surface area contributed by atoms with E-state index in [0.29, 0.717) is 11.4 Å². The number of methoxy groups -OCH3 is 1. The number of hydrogen-bond donors (Lipinski definition) is 2. The first-order valence-corrected chi connectivity index (χ1v) is 5.86. The Morgan fingerprint density at radius 3 is 2.65 bits per heavy atom. The summed E-state index contributed by atoms with van der Waals surface area (Å²) in [6.45, 7) is -0.194. The molecule has 20 heavy (non-hydrogen) atoms. The lowest BCUT2D eigenvalue weighted by atomic mass is 10.3. The second-order valence-electron chi connectivity index (χ2n) is 4.04. The van der Waals surface area contributed by atoms with Gasteiger partial charge >= 0.3 is 0 Å². The van der Waals surface area contributed by atoms with Crippen LogP contribution in [0.2, 0.25) is 0 Å². The van der Waals surface area contributed by atoms with E-state index in [1.54, 1.807) is 24.3 Å². The van der Waals surface area contributed by atoms with E-state index in [2.05, 4.69) is 10.4 Å². The molecule has 104 valence electrons. The normalized spacial score (nSPS) is 10.1. The fraction of sp³-hybridized carbons (Fsp3) is 0.154. The standard InChI is InChI=1S/C13H14N4O3/c1-20-12-6-7-13(19)17(16-12)8-11(18)15-10-4-2-9(14)3-5-10/h2-7H,8,14H2,1H3,(H,15,18). The topological polar surface area (TPSA) is 99.2 Å². The molecule has 0 bridgehead atoms. The summed E-state index contributed by atoms with van der Waals surface area (Å²) in [7, 11) is 1.44. The van der Waals surface area contributed by atoms with Gasteiger partial charge in [0.1, 0.15) is 6.54 Å². The van der Waals surface area contributed by atoms with E-state index in [4.69, 9.17) is 10.5 Å². The van der Waals surface area contributed by atoms with Crippen molar-refractivity contribution in [3.63, 3.8) is 0 Å². The second-order valence-corrected chi connectivity index (χ2v) is 4.04. The minimum absolute atomic E-state index is 0.194. The average molecular weight is 274 g/mol. The number of anilines is 2. The van der Waals surface area contributed by atoms with Crippen LogP contribution in [-0.2, 0) is 11.3 Å². The smallest absolute Gasteiger partial charge is 0.267 e. The average Bonchev–Trinajstić information content (AvgIpc) is 2.44. The SMILES string of the molecule is COc1ccc(=O)n(CC(=O)Nc2ccc(N)cc2)n1. The fourth-order valence-electron chi connectivity index (χ4n) is 1.56. The van der Waals surface area contributed by atoms with Gasteiger partial charge in [-0.25, -0.2) is 4.68 Å². The minimum Gasteiger partial charge on any atom is -0.480 e. The summed E-state index contributed by atoms with van der Waals surface area (Å²) in [6, 6.07) is 9.43. The van der Waals surface area contributed by atoms with Gasteiger partial charge in [-0.2, -0.15) is 0 Å². The van der Waals surface area contributed by atoms with Crippen LogP contribution in [0.1, 0.15) is 0 Å². The van der Waals surface area contributed by atoms with Crippen LogP contribution in [0, 0.1) is 0 Å². The molecular weight excluding hydrogens is 260 g/mol. The zero-order valence-corrected chi connectivity index (χ0v) is 10.9. The number of nitrogen functional groups attached to an aromatic ring is 1. The monoisotopic (exact) mass is 274 g/mol. The van der Waals surface area contributed by atoms with Gasteiger partial charge in [-0.05, 0) is 24.3 Å². The van der Waals surface area contributed by atoms with Gasteiger partial charge in [0.15, 0.2) is 0 Å². The number of benzene rings is 1. The van der Waals surface area contributed by atoms with Crippen molar-refractivity contribution in [1.29, 1.82) is 0 Å². The van der Waals surface area contributed by atoms with Crippen LogP contribution in [0.15, 0.2) is 41.2 Å². The minimum atomic E-state index is -0.377. The summed E-state index contributed by atoms with van der Waals surface area (Å²) in [4.78, 5) is 23.4. The largest absolute Gasteiger partial charge is 0.480 e. The lowest BCUT2D eigenvalue weighted by molar-refractivity contribution is -0.117. The molecule has 1 aromatic heterocycles. The molecule has 2 aromatic rings. The number of carbonyl (C=O) groups is 1. The molecule has 0 spiro atoms. The van der Waals surface area contributed by atoms with Crippen molar-refractivity contribution < 1.29 is 9.53 Å². The molecule has 0 unspecified atom stereocenters. The Hall–Kier alpha value is -2.83. The van der Waals surface area contributed by atoms with Crippen molar-refractivity contribution in [2.45, 2.75) is 6.54 Å². The number of nitrogens with one attached hydrogen (secondary N) is 1. The van der Waals surface area contributed by atoms with E-state index >= 15 is 0 Å². The van der Waals surface area contributed by atoms with Crippen LogP contribution < -0.4 is 21.3 Å². The molecule has 0 atom stereocenters. The Bertz CT molecular complexity index is 664. The van der Waals surface area contributed by atoms with Crippen LogP contribution in [0.3, 0.4) is 0 Å². The van der Waals surface area contributed by atoms with Crippen molar-refractivity contribution >= 4 is 17.3 Å². The Balaban J connectivity index is 2.08. The highest BCUT2D eigenvalue weighted by atomic mass is 16.5. The molecule has 0 aliphatic rings. The number of carbonyl (C=O) groups excluding carboxylic acids is 1. The number of amides is 1. The number of nitrogens with two attached hydrogens (primary N) is 1. The number of ether oxygens (including phenoxy) is 1. The van der Waals surface area contributed by atoms with Crippen LogP contribution in [0.25, 0.3) is 0 Å². The molecule has 2 rings (SSSR count). The van der Waals surface area contributed by atoms with E-state index in [-0.39, 0.29) is 23.9 Å². The van der Waals surface area contributed by atoms with Gasteiger partial charge < -0.3 is 15.8 Å². The summed E-state index contributed by atoms with van der Waals surface area (Å²) < 4.78 is 5.94. The highest BCUT2D eigenvalue weighted by Gasteiger charge is 2.07. The third kappa shape index (κ3) is 3.35. The molecule has 7 heteroatoms. The number of hydrogen-bond acceptors (Lipinski definition) is 5. The molecule has 1 amide bonds. The Kier molecular flexibility index (Phi) is 3.99. The molecule has 1 heterocycles. The maximum absolute atomic E-state index is 11.8. The molecule has 7 nitrogen and oxygen atoms in total. The van der Waals surface area contributed by atoms with Crippen molar-refractivity contribution in [2.24, 2.45) is 0 Å². The first-order chi connectivity index (χ1) is 9.58. The summed E-state index contributed by atoms with van der Waals surface area (Å²) in [5.74, 6) is -0.0949. The van der Waals surface area contributed by atoms with Gasteiger partial charge in [0, 0.05) is 23.5 Å². The predicted octanol–water partition coefficient (Wildman–Crippen LogP) is 0.473. The zero-order chi connectivity index (χ0) is 14.5. The molecular formula is C13H14N4O3. The van der Waals surface area contributed by atoms with Crippen molar-refractivity contribution in [1.82, 2.24) is 9.78 Å². The van der Waals surface area contributed by atoms with E-state index in [0.717, 1.165) is 4.68 Å². The summed E-state index contributed by atoms with van der Waals surface area (Å²) >= 11 is 0. The van der Waals surface area contributed by atoms with Gasteiger partial charge in [0.05, 0.1) is 7.11 Å². The van der Waals surface area contributed by atoms with Gasteiger partial charge in [-0.1, -0.05) is 0 Å². The quantitative estimate of drug-likeness (QED) is 0.790. The lowest BCUT2D eigenvalue weighted by Gasteiger charge is -2.07. The third-order valence-corrected chi connectivity index (χ3v) is 2.54. The number of aromatic nitrogens is 2. The Morgan fingerprint density at radius 1 is 1.30 bits per heavy atom. The van der Waals surface area contributed by atoms with Crippen LogP contribution >= 0.6 is 0 Å². The first kappa shape index (κ1) is 13.6. The van der Waals surface area contributed by atoms with Gasteiger partial charge in [-0.3, -0.25) is 9.59 Å². The summed E-state index contributed by atoms with van der Waals surface area (Å²) in [5.41, 5.74) is 6.38. The maximum atomic E-state index is 11.8. The molecule has 0 aliphatic heterocycles. The maximum Gasteiger partial charge on any atom is 0.267 e. The number of rotatable bonds is 4. The lowest BCUT2D eigenvalue weighted by Crippen LogP contribution is -2.29. The molecule has 0 saturated carbocycles. The van der Waals surface area contributed by atoms with Crippen LogP contribution in [0.5, 0.6) is 5.88 Å². The Labute approximate surface area is 115 Å². The fourth-order valence-corrected chi connectivity index (χ4v) is 1.56. The van der Waals surface area contributed by atoms with Crippen molar-refractivity contribution in [3.8, 4) is 5.88 Å². The summed E-state index contributed by atoms with van der Waals surface area (Å²) in [5, 5.41) is 6.53. The van der Waals surface area contributed by atoms with E-state index in [9.17, 15) is 9.59 Å². The van der Waals surface area contributed by atoms with Crippen molar-refractivity contribution in [3.05, 3.63) is 46.8 Å². The predicted molar refractivity (Wildman–Crippen MR) is 74.5 cm³/mol. The first-order valence-electron chi connectivity index (χ1n) is 5.86. The molecule has 3 N–H and O–H groups in total. The molecule has 0 fully saturated rings. The Morgan fingerprint density at radius 2 is 2.00 bits per heavy atom. The molecule has 0 aliphatic carbocycles. The van der Waals surface area contributed by atoms with Gasteiger partial charge in [-0.15, -0.1) is 5.10 Å². The highest BCUT2D eigenvalue weighted by molar-refractivity contribution is 5.90. The second kappa shape index (κ2) is 5.87. The summed E-state index contributed by atoms with van der Waals surface area (Å²) in [6.07, 6.45) is 0. The third-order valence-electron chi connectivity index (χ3n) is 2.54. The van der Waals surface area contributed by atoms with Gasteiger partial charge in [0.2, 0.25) is 11.8 Å². The molecule has 0 saturated heterocycles. The van der Waals surface area contributed by atoms with E-state index < -0.39 is 0 Å². The highest BCUT2D eigenvalue weighted by Crippen LogP contribution is 2.10. The zero-order valence-electron chi connectivity index (χ0n) is 10.9. The van der Waals surface area contributed by atoms with Gasteiger partial charge in [0.25, 0.3) is 5.56 Å². The molecule has 1 aromatic carbocycles.